The number of carbonyl (C=O) groups is 1. The average molecular weight is 329 g/mol. The number of carbonyl (C=O) groups excluding carboxylic acids is 1. The predicted molar refractivity (Wildman–Crippen MR) is 84.9 cm³/mol. The molecule has 5 nitrogen and oxygen atoms in total. The first kappa shape index (κ1) is 15.3. The van der Waals surface area contributed by atoms with Crippen LogP contribution in [0, 0.1) is 12.7 Å². The van der Waals surface area contributed by atoms with Crippen molar-refractivity contribution >= 4 is 5.91 Å². The highest BCUT2D eigenvalue weighted by molar-refractivity contribution is 5.91. The van der Waals surface area contributed by atoms with Crippen molar-refractivity contribution in [2.45, 2.75) is 43.9 Å². The molecule has 1 aliphatic heterocycles. The second-order valence-corrected chi connectivity index (χ2v) is 6.79. The van der Waals surface area contributed by atoms with E-state index in [1.807, 2.05) is 4.90 Å². The Morgan fingerprint density at radius 1 is 1.25 bits per heavy atom. The Labute approximate surface area is 139 Å². The largest absolute Gasteiger partial charge is 0.425 e. The second kappa shape index (κ2) is 5.69. The van der Waals surface area contributed by atoms with E-state index in [0.717, 1.165) is 25.7 Å². The number of benzene rings is 1. The van der Waals surface area contributed by atoms with E-state index < -0.39 is 5.41 Å². The van der Waals surface area contributed by atoms with Crippen molar-refractivity contribution in [3.8, 4) is 0 Å². The fourth-order valence-corrected chi connectivity index (χ4v) is 3.68. The highest BCUT2D eigenvalue weighted by atomic mass is 19.1. The summed E-state index contributed by atoms with van der Waals surface area (Å²) in [6.45, 7) is 3.09. The molecule has 1 saturated carbocycles. The van der Waals surface area contributed by atoms with E-state index in [1.54, 1.807) is 25.1 Å². The Balaban J connectivity index is 1.46. The third kappa shape index (κ3) is 2.50. The maximum absolute atomic E-state index is 14.1. The summed E-state index contributed by atoms with van der Waals surface area (Å²) in [5, 5.41) is 7.97. The van der Waals surface area contributed by atoms with Crippen molar-refractivity contribution in [2.75, 3.05) is 13.1 Å². The molecule has 2 fully saturated rings. The number of hydrogen-bond acceptors (Lipinski definition) is 4. The number of hydrogen-bond donors (Lipinski definition) is 0. The summed E-state index contributed by atoms with van der Waals surface area (Å²) in [4.78, 5) is 14.9. The van der Waals surface area contributed by atoms with Crippen molar-refractivity contribution in [3.05, 3.63) is 47.4 Å². The number of aromatic nitrogens is 2. The van der Waals surface area contributed by atoms with Gasteiger partial charge in [-0.3, -0.25) is 4.79 Å². The lowest BCUT2D eigenvalue weighted by molar-refractivity contribution is -0.135. The minimum atomic E-state index is -0.640. The molecule has 4 rings (SSSR count). The lowest BCUT2D eigenvalue weighted by Gasteiger charge is -2.33. The fourth-order valence-electron chi connectivity index (χ4n) is 3.68. The predicted octanol–water partition coefficient (Wildman–Crippen LogP) is 2.95. The van der Waals surface area contributed by atoms with Crippen LogP contribution in [0.2, 0.25) is 0 Å². The van der Waals surface area contributed by atoms with Gasteiger partial charge in [-0.15, -0.1) is 10.2 Å². The zero-order valence-electron chi connectivity index (χ0n) is 13.7. The maximum atomic E-state index is 14.1. The lowest BCUT2D eigenvalue weighted by Crippen LogP contribution is -2.44. The first-order valence-corrected chi connectivity index (χ1v) is 8.44. The minimum Gasteiger partial charge on any atom is -0.425 e. The van der Waals surface area contributed by atoms with Gasteiger partial charge in [0.1, 0.15) is 5.82 Å². The maximum Gasteiger partial charge on any atom is 0.233 e. The summed E-state index contributed by atoms with van der Waals surface area (Å²) in [6, 6.07) is 6.65. The molecule has 6 heteroatoms. The van der Waals surface area contributed by atoms with Gasteiger partial charge in [0.2, 0.25) is 17.7 Å². The summed E-state index contributed by atoms with van der Waals surface area (Å²) >= 11 is 0. The van der Waals surface area contributed by atoms with Crippen molar-refractivity contribution < 1.29 is 13.6 Å². The van der Waals surface area contributed by atoms with Gasteiger partial charge in [-0.2, -0.15) is 0 Å². The molecule has 126 valence electrons. The standard InChI is InChI=1S/C18H20FN3O2/c1-12-20-21-16(24-12)13-6-10-22(11-7-13)17(23)18(8-9-18)14-4-2-3-5-15(14)19/h2-5,13H,6-11H2,1H3. The van der Waals surface area contributed by atoms with Crippen molar-refractivity contribution in [1.29, 1.82) is 0 Å². The first-order valence-electron chi connectivity index (χ1n) is 8.44. The van der Waals surface area contributed by atoms with Gasteiger partial charge in [-0.05, 0) is 31.7 Å². The molecule has 0 radical (unpaired) electrons. The number of halogens is 1. The van der Waals surface area contributed by atoms with E-state index >= 15 is 0 Å². The molecule has 1 saturated heterocycles. The summed E-state index contributed by atoms with van der Waals surface area (Å²) in [5.74, 6) is 1.22. The van der Waals surface area contributed by atoms with Crippen molar-refractivity contribution in [2.24, 2.45) is 0 Å². The van der Waals surface area contributed by atoms with Gasteiger partial charge >= 0.3 is 0 Å². The number of piperidine rings is 1. The van der Waals surface area contributed by atoms with Crippen LogP contribution in [0.25, 0.3) is 0 Å². The fraction of sp³-hybridized carbons (Fsp3) is 0.500. The molecule has 1 aromatic heterocycles. The van der Waals surface area contributed by atoms with Crippen LogP contribution >= 0.6 is 0 Å². The molecule has 0 N–H and O–H groups in total. The SMILES string of the molecule is Cc1nnc(C2CCN(C(=O)C3(c4ccccc4F)CC3)CC2)o1. The van der Waals surface area contributed by atoms with E-state index in [1.165, 1.54) is 6.07 Å². The van der Waals surface area contributed by atoms with E-state index in [-0.39, 0.29) is 17.6 Å². The number of amides is 1. The molecule has 2 heterocycles. The van der Waals surface area contributed by atoms with Crippen LogP contribution in [-0.2, 0) is 10.2 Å². The molecule has 24 heavy (non-hydrogen) atoms. The first-order chi connectivity index (χ1) is 11.6. The van der Waals surface area contributed by atoms with Gasteiger partial charge < -0.3 is 9.32 Å². The van der Waals surface area contributed by atoms with Gasteiger partial charge in [0.05, 0.1) is 5.41 Å². The quantitative estimate of drug-likeness (QED) is 0.869. The highest BCUT2D eigenvalue weighted by Gasteiger charge is 2.54. The average Bonchev–Trinajstić information content (AvgIpc) is 3.29. The zero-order chi connectivity index (χ0) is 16.7. The minimum absolute atomic E-state index is 0.0627. The zero-order valence-corrected chi connectivity index (χ0v) is 13.7. The molecule has 1 aromatic carbocycles. The van der Waals surface area contributed by atoms with Gasteiger partial charge in [0.15, 0.2) is 0 Å². The van der Waals surface area contributed by atoms with Crippen LogP contribution in [0.4, 0.5) is 4.39 Å². The van der Waals surface area contributed by atoms with E-state index in [0.29, 0.717) is 30.4 Å². The van der Waals surface area contributed by atoms with Crippen LogP contribution in [0.3, 0.4) is 0 Å². The molecule has 2 aromatic rings. The Morgan fingerprint density at radius 2 is 1.96 bits per heavy atom. The molecule has 0 spiro atoms. The lowest BCUT2D eigenvalue weighted by atomic mass is 9.91. The van der Waals surface area contributed by atoms with E-state index in [4.69, 9.17) is 4.42 Å². The van der Waals surface area contributed by atoms with Crippen LogP contribution < -0.4 is 0 Å². The summed E-state index contributed by atoms with van der Waals surface area (Å²) < 4.78 is 19.6. The van der Waals surface area contributed by atoms with Crippen LogP contribution in [0.1, 0.15) is 48.9 Å². The van der Waals surface area contributed by atoms with E-state index in [9.17, 15) is 9.18 Å². The normalized spacial score (nSPS) is 20.2. The Kier molecular flexibility index (Phi) is 3.62. The third-order valence-electron chi connectivity index (χ3n) is 5.22. The highest BCUT2D eigenvalue weighted by Crippen LogP contribution is 2.50. The molecular weight excluding hydrogens is 309 g/mol. The molecule has 0 atom stereocenters. The summed E-state index contributed by atoms with van der Waals surface area (Å²) in [5.41, 5.74) is -0.0937. The Hall–Kier alpha value is -2.24. The Bertz CT molecular complexity index is 761. The molecular formula is C18H20FN3O2. The molecule has 1 aliphatic carbocycles. The van der Waals surface area contributed by atoms with Crippen molar-refractivity contribution in [1.82, 2.24) is 15.1 Å². The number of rotatable bonds is 3. The van der Waals surface area contributed by atoms with Gasteiger partial charge in [0.25, 0.3) is 0 Å². The number of nitrogens with zero attached hydrogens (tertiary/aromatic N) is 3. The molecule has 1 amide bonds. The van der Waals surface area contributed by atoms with Gasteiger partial charge in [-0.25, -0.2) is 4.39 Å². The van der Waals surface area contributed by atoms with Crippen LogP contribution in [0.5, 0.6) is 0 Å². The Morgan fingerprint density at radius 3 is 2.54 bits per heavy atom. The smallest absolute Gasteiger partial charge is 0.233 e. The van der Waals surface area contributed by atoms with Gasteiger partial charge in [-0.1, -0.05) is 18.2 Å². The molecule has 0 unspecified atom stereocenters. The second-order valence-electron chi connectivity index (χ2n) is 6.79. The van der Waals surface area contributed by atoms with Gasteiger partial charge in [0, 0.05) is 31.5 Å². The van der Waals surface area contributed by atoms with E-state index in [2.05, 4.69) is 10.2 Å². The monoisotopic (exact) mass is 329 g/mol. The number of aryl methyl sites for hydroxylation is 1. The molecule has 2 aliphatic rings. The summed E-state index contributed by atoms with van der Waals surface area (Å²) in [7, 11) is 0. The summed E-state index contributed by atoms with van der Waals surface area (Å²) in [6.07, 6.45) is 3.08. The number of likely N-dealkylation sites (tertiary alicyclic amines) is 1. The topological polar surface area (TPSA) is 59.2 Å². The van der Waals surface area contributed by atoms with Crippen LogP contribution in [-0.4, -0.2) is 34.1 Å². The third-order valence-corrected chi connectivity index (χ3v) is 5.22. The molecule has 0 bridgehead atoms. The van der Waals surface area contributed by atoms with Crippen molar-refractivity contribution in [3.63, 3.8) is 0 Å². The van der Waals surface area contributed by atoms with Crippen LogP contribution in [0.15, 0.2) is 28.7 Å².